The van der Waals surface area contributed by atoms with E-state index in [9.17, 15) is 13.6 Å². The summed E-state index contributed by atoms with van der Waals surface area (Å²) in [6.07, 6.45) is -0.463. The van der Waals surface area contributed by atoms with E-state index in [0.29, 0.717) is 12.1 Å². The van der Waals surface area contributed by atoms with E-state index in [1.54, 1.807) is 16.2 Å². The van der Waals surface area contributed by atoms with Crippen molar-refractivity contribution < 1.29 is 13.5 Å². The topological polar surface area (TPSA) is 48.2 Å². The van der Waals surface area contributed by atoms with Crippen LogP contribution >= 0.6 is 0 Å². The fourth-order valence-corrected chi connectivity index (χ4v) is 3.93. The van der Waals surface area contributed by atoms with E-state index in [1.807, 2.05) is 38.1 Å². The van der Waals surface area contributed by atoms with Gasteiger partial charge < -0.3 is 10.1 Å². The molecule has 142 valence electrons. The predicted octanol–water partition coefficient (Wildman–Crippen LogP) is 3.23. The lowest BCUT2D eigenvalue weighted by molar-refractivity contribution is 0.191. The molecule has 5 nitrogen and oxygen atoms in total. The summed E-state index contributed by atoms with van der Waals surface area (Å²) in [7, 11) is 1.77. The van der Waals surface area contributed by atoms with E-state index in [4.69, 9.17) is 4.74 Å². The Morgan fingerprint density at radius 3 is 2.48 bits per heavy atom. The van der Waals surface area contributed by atoms with Gasteiger partial charge in [0, 0.05) is 24.2 Å². The van der Waals surface area contributed by atoms with Gasteiger partial charge in [0.05, 0.1) is 11.0 Å². The summed E-state index contributed by atoms with van der Waals surface area (Å²) in [6, 6.07) is 9.09. The summed E-state index contributed by atoms with van der Waals surface area (Å²) in [4.78, 5) is 13.3. The van der Waals surface area contributed by atoms with Gasteiger partial charge in [0.2, 0.25) is 0 Å². The monoisotopic (exact) mass is 373 g/mol. The maximum atomic E-state index is 14.0. The molecule has 1 aliphatic heterocycles. The van der Waals surface area contributed by atoms with Gasteiger partial charge in [-0.25, -0.2) is 13.6 Å². The molecule has 0 saturated carbocycles. The number of likely N-dealkylation sites (N-methyl/N-ethyl adjacent to an activating group) is 1. The number of halogens is 2. The highest BCUT2D eigenvalue weighted by Crippen LogP contribution is 2.41. The van der Waals surface area contributed by atoms with Crippen molar-refractivity contribution in [3.63, 3.8) is 0 Å². The summed E-state index contributed by atoms with van der Waals surface area (Å²) in [6.45, 7) is 4.31. The highest BCUT2D eigenvalue weighted by atomic mass is 19.2. The molecule has 27 heavy (non-hydrogen) atoms. The second kappa shape index (κ2) is 6.49. The molecular weight excluding hydrogens is 352 g/mol. The molecular formula is C20H21F2N3O2. The standard InChI is InChI=1S/C20H21F2N3O2/c1-11(2)24-15-6-4-5-7-16(15)25(20(24)26)19-12-8-13(21)14(22)9-17(12)27-18(19)10-23-3/h4-9,11,18-19,23H,10H2,1-3H3. The maximum absolute atomic E-state index is 14.0. The van der Waals surface area contributed by atoms with Crippen molar-refractivity contribution in [1.82, 2.24) is 14.5 Å². The average Bonchev–Trinajstić information content (AvgIpc) is 3.09. The SMILES string of the molecule is CNCC1Oc2cc(F)c(F)cc2C1n1c(=O)n(C(C)C)c2ccccc21. The van der Waals surface area contributed by atoms with Gasteiger partial charge in [-0.3, -0.25) is 9.13 Å². The zero-order chi connectivity index (χ0) is 19.3. The Morgan fingerprint density at radius 2 is 1.81 bits per heavy atom. The Bertz CT molecular complexity index is 1070. The minimum absolute atomic E-state index is 0.0434. The van der Waals surface area contributed by atoms with E-state index in [1.165, 1.54) is 0 Å². The van der Waals surface area contributed by atoms with E-state index >= 15 is 0 Å². The maximum Gasteiger partial charge on any atom is 0.330 e. The lowest BCUT2D eigenvalue weighted by Gasteiger charge is -2.20. The molecule has 0 amide bonds. The first-order valence-corrected chi connectivity index (χ1v) is 8.95. The van der Waals surface area contributed by atoms with Gasteiger partial charge in [-0.15, -0.1) is 0 Å². The van der Waals surface area contributed by atoms with E-state index in [2.05, 4.69) is 5.32 Å². The molecule has 0 aliphatic carbocycles. The molecule has 0 radical (unpaired) electrons. The van der Waals surface area contributed by atoms with Crippen molar-refractivity contribution in [3.8, 4) is 5.75 Å². The largest absolute Gasteiger partial charge is 0.486 e. The predicted molar refractivity (Wildman–Crippen MR) is 99.4 cm³/mol. The van der Waals surface area contributed by atoms with Crippen LogP contribution in [0.15, 0.2) is 41.2 Å². The van der Waals surface area contributed by atoms with Crippen LogP contribution in [-0.2, 0) is 0 Å². The van der Waals surface area contributed by atoms with Crippen LogP contribution in [-0.4, -0.2) is 28.8 Å². The van der Waals surface area contributed by atoms with Crippen LogP contribution in [0, 0.1) is 11.6 Å². The van der Waals surface area contributed by atoms with Crippen LogP contribution in [0.5, 0.6) is 5.75 Å². The molecule has 3 aromatic rings. The molecule has 7 heteroatoms. The normalized spacial score (nSPS) is 18.9. The van der Waals surface area contributed by atoms with Crippen LogP contribution in [0.1, 0.15) is 31.5 Å². The number of ether oxygens (including phenoxy) is 1. The third-order valence-electron chi connectivity index (χ3n) is 5.01. The average molecular weight is 373 g/mol. The Morgan fingerprint density at radius 1 is 1.15 bits per heavy atom. The minimum Gasteiger partial charge on any atom is -0.486 e. The molecule has 2 unspecified atom stereocenters. The van der Waals surface area contributed by atoms with Crippen molar-refractivity contribution in [2.75, 3.05) is 13.6 Å². The highest BCUT2D eigenvalue weighted by molar-refractivity contribution is 5.76. The zero-order valence-electron chi connectivity index (χ0n) is 15.4. The van der Waals surface area contributed by atoms with Crippen molar-refractivity contribution in [2.45, 2.75) is 32.0 Å². The lowest BCUT2D eigenvalue weighted by atomic mass is 10.0. The third kappa shape index (κ3) is 2.65. The van der Waals surface area contributed by atoms with Crippen molar-refractivity contribution in [3.05, 3.63) is 64.1 Å². The lowest BCUT2D eigenvalue weighted by Crippen LogP contribution is -2.38. The fraction of sp³-hybridized carbons (Fsp3) is 0.350. The second-order valence-electron chi connectivity index (χ2n) is 7.07. The number of imidazole rings is 1. The van der Waals surface area contributed by atoms with Gasteiger partial charge in [-0.2, -0.15) is 0 Å². The summed E-state index contributed by atoms with van der Waals surface area (Å²) in [5.74, 6) is -1.64. The number of nitrogens with one attached hydrogen (secondary N) is 1. The highest BCUT2D eigenvalue weighted by Gasteiger charge is 2.39. The van der Waals surface area contributed by atoms with Gasteiger partial charge >= 0.3 is 5.69 Å². The molecule has 0 bridgehead atoms. The number of fused-ring (bicyclic) bond motifs is 2. The van der Waals surface area contributed by atoms with Crippen molar-refractivity contribution >= 4 is 11.0 Å². The first-order chi connectivity index (χ1) is 12.9. The molecule has 0 fully saturated rings. The fourth-order valence-electron chi connectivity index (χ4n) is 3.93. The Kier molecular flexibility index (Phi) is 4.26. The summed E-state index contributed by atoms with van der Waals surface area (Å²) in [5, 5.41) is 3.04. The summed E-state index contributed by atoms with van der Waals surface area (Å²) in [5.41, 5.74) is 1.82. The Balaban J connectivity index is 2.01. The van der Waals surface area contributed by atoms with Crippen LogP contribution in [0.25, 0.3) is 11.0 Å². The Labute approximate surface area is 155 Å². The van der Waals surface area contributed by atoms with Crippen molar-refractivity contribution in [2.24, 2.45) is 0 Å². The van der Waals surface area contributed by atoms with E-state index in [0.717, 1.165) is 23.2 Å². The molecule has 2 aromatic carbocycles. The van der Waals surface area contributed by atoms with E-state index in [-0.39, 0.29) is 17.5 Å². The second-order valence-corrected chi connectivity index (χ2v) is 7.07. The van der Waals surface area contributed by atoms with Gasteiger partial charge in [-0.1, -0.05) is 12.1 Å². The van der Waals surface area contributed by atoms with E-state index < -0.39 is 23.8 Å². The van der Waals surface area contributed by atoms with Gasteiger partial charge in [-0.05, 0) is 39.1 Å². The van der Waals surface area contributed by atoms with Gasteiger partial charge in [0.15, 0.2) is 11.6 Å². The quantitative estimate of drug-likeness (QED) is 0.764. The smallest absolute Gasteiger partial charge is 0.330 e. The van der Waals surface area contributed by atoms with Crippen LogP contribution in [0.3, 0.4) is 0 Å². The van der Waals surface area contributed by atoms with Crippen LogP contribution in [0.2, 0.25) is 0 Å². The van der Waals surface area contributed by atoms with Crippen LogP contribution < -0.4 is 15.7 Å². The molecule has 2 heterocycles. The number of aromatic nitrogens is 2. The number of nitrogens with zero attached hydrogens (tertiary/aromatic N) is 2. The third-order valence-corrected chi connectivity index (χ3v) is 5.01. The van der Waals surface area contributed by atoms with Crippen molar-refractivity contribution in [1.29, 1.82) is 0 Å². The number of para-hydroxylation sites is 2. The minimum atomic E-state index is -0.963. The van der Waals surface area contributed by atoms with Crippen LogP contribution in [0.4, 0.5) is 8.78 Å². The summed E-state index contributed by atoms with van der Waals surface area (Å²) >= 11 is 0. The molecule has 0 saturated heterocycles. The number of hydrogen-bond acceptors (Lipinski definition) is 3. The molecule has 1 aliphatic rings. The van der Waals surface area contributed by atoms with Gasteiger partial charge in [0.25, 0.3) is 0 Å². The Hall–Kier alpha value is -2.67. The molecule has 1 N–H and O–H groups in total. The first kappa shape index (κ1) is 17.7. The molecule has 2 atom stereocenters. The molecule has 1 aromatic heterocycles. The first-order valence-electron chi connectivity index (χ1n) is 8.95. The number of rotatable bonds is 4. The number of benzene rings is 2. The molecule has 4 rings (SSSR count). The molecule has 0 spiro atoms. The zero-order valence-corrected chi connectivity index (χ0v) is 15.4. The summed E-state index contributed by atoms with van der Waals surface area (Å²) < 4.78 is 36.9. The van der Waals surface area contributed by atoms with Gasteiger partial charge in [0.1, 0.15) is 17.9 Å². The number of hydrogen-bond donors (Lipinski definition) is 1.